The van der Waals surface area contributed by atoms with Crippen LogP contribution in [0.2, 0.25) is 0 Å². The smallest absolute Gasteiger partial charge is 0.142 e. The second-order valence-electron chi connectivity index (χ2n) is 4.43. The monoisotopic (exact) mass is 265 g/mol. The molecular weight excluding hydrogens is 254 g/mol. The van der Waals surface area contributed by atoms with E-state index in [0.717, 1.165) is 33.7 Å². The Kier molecular flexibility index (Phi) is 2.23. The maximum atomic E-state index is 5.22. The highest BCUT2D eigenvalue weighted by atomic mass is 16.5. The van der Waals surface area contributed by atoms with Gasteiger partial charge in [0.15, 0.2) is 0 Å². The fourth-order valence-electron chi connectivity index (χ4n) is 2.26. The predicted molar refractivity (Wildman–Crippen MR) is 74.6 cm³/mol. The van der Waals surface area contributed by atoms with Crippen molar-refractivity contribution in [3.05, 3.63) is 43.0 Å². The van der Waals surface area contributed by atoms with Crippen LogP contribution in [0.5, 0.6) is 5.75 Å². The van der Waals surface area contributed by atoms with Gasteiger partial charge in [0.05, 0.1) is 41.6 Å². The first-order valence-electron chi connectivity index (χ1n) is 6.16. The van der Waals surface area contributed by atoms with Crippen LogP contribution in [0.3, 0.4) is 0 Å². The van der Waals surface area contributed by atoms with E-state index in [4.69, 9.17) is 4.74 Å². The molecule has 0 spiro atoms. The maximum Gasteiger partial charge on any atom is 0.142 e. The fraction of sp³-hybridized carbons (Fsp3) is 0.0714. The maximum absolute atomic E-state index is 5.22. The molecular formula is C14H11N5O. The summed E-state index contributed by atoms with van der Waals surface area (Å²) in [4.78, 5) is 12.0. The van der Waals surface area contributed by atoms with Gasteiger partial charge in [-0.05, 0) is 12.1 Å². The second kappa shape index (κ2) is 4.06. The van der Waals surface area contributed by atoms with Gasteiger partial charge in [0, 0.05) is 18.5 Å². The first kappa shape index (κ1) is 11.0. The molecule has 6 heteroatoms. The second-order valence-corrected chi connectivity index (χ2v) is 4.43. The van der Waals surface area contributed by atoms with Crippen LogP contribution in [-0.4, -0.2) is 31.7 Å². The van der Waals surface area contributed by atoms with Gasteiger partial charge in [0.2, 0.25) is 0 Å². The Bertz CT molecular complexity index is 908. The molecule has 1 aromatic carbocycles. The molecule has 0 aliphatic heterocycles. The third-order valence-electron chi connectivity index (χ3n) is 3.27. The minimum Gasteiger partial charge on any atom is -0.497 e. The first-order chi connectivity index (χ1) is 9.85. The Labute approximate surface area is 114 Å². The van der Waals surface area contributed by atoms with Crippen LogP contribution >= 0.6 is 0 Å². The minimum atomic E-state index is 0.774. The molecule has 0 saturated heterocycles. The van der Waals surface area contributed by atoms with Crippen LogP contribution in [0, 0.1) is 0 Å². The summed E-state index contributed by atoms with van der Waals surface area (Å²) in [6, 6.07) is 5.75. The highest BCUT2D eigenvalue weighted by molar-refractivity contribution is 5.84. The Morgan fingerprint density at radius 3 is 3.10 bits per heavy atom. The number of hydrogen-bond acceptors (Lipinski definition) is 4. The van der Waals surface area contributed by atoms with Gasteiger partial charge in [-0.1, -0.05) is 0 Å². The third kappa shape index (κ3) is 1.55. The summed E-state index contributed by atoms with van der Waals surface area (Å²) >= 11 is 0. The van der Waals surface area contributed by atoms with Crippen LogP contribution in [0.15, 0.2) is 43.0 Å². The van der Waals surface area contributed by atoms with Gasteiger partial charge in [0.1, 0.15) is 11.6 Å². The molecule has 0 aliphatic rings. The molecule has 4 rings (SSSR count). The summed E-state index contributed by atoms with van der Waals surface area (Å²) in [5.74, 6) is 1.57. The number of nitrogens with zero attached hydrogens (tertiary/aromatic N) is 4. The van der Waals surface area contributed by atoms with Crippen LogP contribution in [0.25, 0.3) is 27.9 Å². The summed E-state index contributed by atoms with van der Waals surface area (Å²) in [6.45, 7) is 0. The van der Waals surface area contributed by atoms with Gasteiger partial charge in [-0.15, -0.1) is 0 Å². The molecule has 0 amide bonds. The topological polar surface area (TPSA) is 68.1 Å². The molecule has 3 aromatic heterocycles. The van der Waals surface area contributed by atoms with E-state index in [1.165, 1.54) is 0 Å². The van der Waals surface area contributed by atoms with Gasteiger partial charge in [-0.2, -0.15) is 5.10 Å². The Hall–Kier alpha value is -2.89. The van der Waals surface area contributed by atoms with E-state index in [9.17, 15) is 0 Å². The summed E-state index contributed by atoms with van der Waals surface area (Å²) < 4.78 is 6.99. The van der Waals surface area contributed by atoms with Crippen LogP contribution in [0.4, 0.5) is 0 Å². The zero-order chi connectivity index (χ0) is 13.5. The molecule has 0 atom stereocenters. The quantitative estimate of drug-likeness (QED) is 0.603. The normalized spacial score (nSPS) is 11.2. The molecule has 98 valence electrons. The zero-order valence-electron chi connectivity index (χ0n) is 10.7. The van der Waals surface area contributed by atoms with Gasteiger partial charge >= 0.3 is 0 Å². The van der Waals surface area contributed by atoms with E-state index < -0.39 is 0 Å². The number of ether oxygens (including phenoxy) is 1. The molecule has 0 saturated carbocycles. The lowest BCUT2D eigenvalue weighted by Gasteiger charge is -1.96. The van der Waals surface area contributed by atoms with Crippen molar-refractivity contribution < 1.29 is 4.74 Å². The lowest BCUT2D eigenvalue weighted by Crippen LogP contribution is -1.86. The van der Waals surface area contributed by atoms with E-state index in [0.29, 0.717) is 0 Å². The number of rotatable bonds is 2. The molecule has 6 nitrogen and oxygen atoms in total. The molecule has 3 heterocycles. The lowest BCUT2D eigenvalue weighted by atomic mass is 10.3. The molecule has 1 N–H and O–H groups in total. The highest BCUT2D eigenvalue weighted by Crippen LogP contribution is 2.25. The lowest BCUT2D eigenvalue weighted by molar-refractivity contribution is 0.415. The van der Waals surface area contributed by atoms with Crippen molar-refractivity contribution in [2.45, 2.75) is 0 Å². The number of fused-ring (bicyclic) bond motifs is 2. The average molecular weight is 265 g/mol. The van der Waals surface area contributed by atoms with Crippen LogP contribution in [-0.2, 0) is 0 Å². The molecule has 20 heavy (non-hydrogen) atoms. The summed E-state index contributed by atoms with van der Waals surface area (Å²) in [5.41, 5.74) is 3.67. The van der Waals surface area contributed by atoms with Crippen molar-refractivity contribution in [3.63, 3.8) is 0 Å². The molecule has 0 fully saturated rings. The Balaban J connectivity index is 1.93. The standard InChI is InChI=1S/C14H11N5O/c1-20-9-2-3-11-12(6-9)18-14(17-11)10-7-16-19-5-4-15-8-13(10)19/h2-8H,1H3,(H,17,18). The number of benzene rings is 1. The van der Waals surface area contributed by atoms with Crippen molar-refractivity contribution in [3.8, 4) is 17.1 Å². The molecule has 0 unspecified atom stereocenters. The highest BCUT2D eigenvalue weighted by Gasteiger charge is 2.11. The summed E-state index contributed by atoms with van der Waals surface area (Å²) in [7, 11) is 1.65. The zero-order valence-corrected chi connectivity index (χ0v) is 10.7. The molecule has 0 bridgehead atoms. The Morgan fingerprint density at radius 1 is 1.25 bits per heavy atom. The van der Waals surface area contributed by atoms with Crippen molar-refractivity contribution >= 4 is 16.6 Å². The van der Waals surface area contributed by atoms with E-state index in [1.54, 1.807) is 30.2 Å². The molecule has 4 aromatic rings. The van der Waals surface area contributed by atoms with Crippen molar-refractivity contribution in [1.29, 1.82) is 0 Å². The van der Waals surface area contributed by atoms with Crippen molar-refractivity contribution in [2.75, 3.05) is 7.11 Å². The largest absolute Gasteiger partial charge is 0.497 e. The fourth-order valence-corrected chi connectivity index (χ4v) is 2.26. The van der Waals surface area contributed by atoms with E-state index in [2.05, 4.69) is 20.1 Å². The summed E-state index contributed by atoms with van der Waals surface area (Å²) in [5, 5.41) is 4.29. The number of imidazole rings is 1. The van der Waals surface area contributed by atoms with Crippen molar-refractivity contribution in [1.82, 2.24) is 24.6 Å². The minimum absolute atomic E-state index is 0.774. The van der Waals surface area contributed by atoms with E-state index >= 15 is 0 Å². The number of aromatic nitrogens is 5. The van der Waals surface area contributed by atoms with Gasteiger partial charge < -0.3 is 9.72 Å². The number of nitrogens with one attached hydrogen (secondary N) is 1. The number of hydrogen-bond donors (Lipinski definition) is 1. The summed E-state index contributed by atoms with van der Waals surface area (Å²) in [6.07, 6.45) is 7.07. The van der Waals surface area contributed by atoms with Crippen molar-refractivity contribution in [2.24, 2.45) is 0 Å². The first-order valence-corrected chi connectivity index (χ1v) is 6.16. The van der Waals surface area contributed by atoms with Gasteiger partial charge in [-0.3, -0.25) is 4.98 Å². The van der Waals surface area contributed by atoms with Gasteiger partial charge in [-0.25, -0.2) is 9.50 Å². The molecule has 0 aliphatic carbocycles. The SMILES string of the molecule is COc1ccc2nc(-c3cnn4ccncc34)[nH]c2c1. The number of methoxy groups -OCH3 is 1. The average Bonchev–Trinajstić information content (AvgIpc) is 3.09. The predicted octanol–water partition coefficient (Wildman–Crippen LogP) is 2.28. The number of aromatic amines is 1. The van der Waals surface area contributed by atoms with Gasteiger partial charge in [0.25, 0.3) is 0 Å². The Morgan fingerprint density at radius 2 is 2.20 bits per heavy atom. The van der Waals surface area contributed by atoms with Crippen LogP contribution < -0.4 is 4.74 Å². The van der Waals surface area contributed by atoms with Crippen LogP contribution in [0.1, 0.15) is 0 Å². The third-order valence-corrected chi connectivity index (χ3v) is 3.27. The van der Waals surface area contributed by atoms with E-state index in [-0.39, 0.29) is 0 Å². The number of H-pyrrole nitrogens is 1. The molecule has 0 radical (unpaired) electrons. The van der Waals surface area contributed by atoms with E-state index in [1.807, 2.05) is 24.4 Å².